The minimum absolute atomic E-state index is 0.127. The molecule has 0 aromatic rings. The van der Waals surface area contributed by atoms with E-state index in [1.807, 2.05) is 0 Å². The molecule has 6 heteroatoms. The van der Waals surface area contributed by atoms with Crippen LogP contribution in [-0.2, 0) is 9.53 Å². The minimum Gasteiger partial charge on any atom is -0.481 e. The van der Waals surface area contributed by atoms with E-state index in [0.717, 1.165) is 12.8 Å². The molecule has 0 bridgehead atoms. The molecule has 0 aromatic carbocycles. The number of ether oxygens (including phenoxy) is 1. The number of urea groups is 1. The molecule has 0 aromatic heterocycles. The van der Waals surface area contributed by atoms with Crippen LogP contribution in [0.3, 0.4) is 0 Å². The van der Waals surface area contributed by atoms with Crippen LogP contribution in [0.4, 0.5) is 4.79 Å². The monoisotopic (exact) mass is 282 g/mol. The molecule has 2 amide bonds. The predicted octanol–water partition coefficient (Wildman–Crippen LogP) is 0.970. The van der Waals surface area contributed by atoms with Crippen molar-refractivity contribution in [3.05, 3.63) is 0 Å². The Morgan fingerprint density at radius 3 is 2.55 bits per heavy atom. The van der Waals surface area contributed by atoms with Gasteiger partial charge in [0.2, 0.25) is 0 Å². The van der Waals surface area contributed by atoms with Crippen LogP contribution in [0.2, 0.25) is 0 Å². The summed E-state index contributed by atoms with van der Waals surface area (Å²) in [5.74, 6) is 1.66. The van der Waals surface area contributed by atoms with Gasteiger partial charge in [0.25, 0.3) is 0 Å². The molecule has 1 heterocycles. The van der Waals surface area contributed by atoms with Crippen molar-refractivity contribution in [1.29, 1.82) is 0 Å². The standard InChI is InChI=1S/C14H22N2O4/c1-2-3-4-5-8-15-13(19)16-11-14(12(17)18)6-9-20-10-7-14/h1H,3-11H2,(H,17,18)(H2,15,16,19). The van der Waals surface area contributed by atoms with Gasteiger partial charge in [-0.05, 0) is 25.7 Å². The number of carboxylic acid groups (broad SMARTS) is 1. The smallest absolute Gasteiger partial charge is 0.314 e. The second-order valence-corrected chi connectivity index (χ2v) is 4.97. The number of aliphatic carboxylic acids is 1. The number of unbranched alkanes of at least 4 members (excludes halogenated alkanes) is 2. The first-order chi connectivity index (χ1) is 9.60. The fourth-order valence-corrected chi connectivity index (χ4v) is 2.09. The van der Waals surface area contributed by atoms with Crippen LogP contribution >= 0.6 is 0 Å². The first-order valence-electron chi connectivity index (χ1n) is 6.87. The summed E-state index contributed by atoms with van der Waals surface area (Å²) < 4.78 is 5.18. The minimum atomic E-state index is -0.904. The topological polar surface area (TPSA) is 87.7 Å². The van der Waals surface area contributed by atoms with Crippen LogP contribution in [0.15, 0.2) is 0 Å². The quantitative estimate of drug-likeness (QED) is 0.479. The number of amides is 2. The maximum absolute atomic E-state index is 11.6. The Morgan fingerprint density at radius 1 is 1.25 bits per heavy atom. The first-order valence-corrected chi connectivity index (χ1v) is 6.87. The highest BCUT2D eigenvalue weighted by Crippen LogP contribution is 2.29. The molecule has 3 N–H and O–H groups in total. The van der Waals surface area contributed by atoms with Gasteiger partial charge in [0.05, 0.1) is 5.41 Å². The molecule has 0 unspecified atom stereocenters. The van der Waals surface area contributed by atoms with Crippen LogP contribution < -0.4 is 10.6 Å². The number of rotatable bonds is 7. The highest BCUT2D eigenvalue weighted by atomic mass is 16.5. The summed E-state index contributed by atoms with van der Waals surface area (Å²) in [5.41, 5.74) is -0.904. The maximum Gasteiger partial charge on any atom is 0.314 e. The van der Waals surface area contributed by atoms with Crippen molar-refractivity contribution >= 4 is 12.0 Å². The number of hydrogen-bond donors (Lipinski definition) is 3. The molecule has 20 heavy (non-hydrogen) atoms. The summed E-state index contributed by atoms with van der Waals surface area (Å²) in [4.78, 5) is 23.0. The van der Waals surface area contributed by atoms with E-state index in [-0.39, 0.29) is 12.6 Å². The molecule has 0 aliphatic carbocycles. The lowest BCUT2D eigenvalue weighted by Crippen LogP contribution is -2.48. The summed E-state index contributed by atoms with van der Waals surface area (Å²) >= 11 is 0. The lowest BCUT2D eigenvalue weighted by atomic mass is 9.80. The van der Waals surface area contributed by atoms with Crippen molar-refractivity contribution in [1.82, 2.24) is 10.6 Å². The van der Waals surface area contributed by atoms with Gasteiger partial charge in [-0.2, -0.15) is 0 Å². The number of terminal acetylenes is 1. The lowest BCUT2D eigenvalue weighted by Gasteiger charge is -2.33. The van der Waals surface area contributed by atoms with E-state index >= 15 is 0 Å². The summed E-state index contributed by atoms with van der Waals surface area (Å²) in [7, 11) is 0. The molecule has 0 radical (unpaired) electrons. The predicted molar refractivity (Wildman–Crippen MR) is 74.2 cm³/mol. The summed E-state index contributed by atoms with van der Waals surface area (Å²) in [5, 5.41) is 14.7. The number of nitrogens with one attached hydrogen (secondary N) is 2. The third-order valence-corrected chi connectivity index (χ3v) is 3.52. The van der Waals surface area contributed by atoms with Gasteiger partial charge in [-0.1, -0.05) is 0 Å². The molecule has 1 aliphatic heterocycles. The van der Waals surface area contributed by atoms with Gasteiger partial charge in [-0.15, -0.1) is 12.3 Å². The molecular weight excluding hydrogens is 260 g/mol. The molecule has 0 spiro atoms. The zero-order valence-corrected chi connectivity index (χ0v) is 11.6. The molecule has 1 saturated heterocycles. The van der Waals surface area contributed by atoms with Gasteiger partial charge in [0.1, 0.15) is 0 Å². The van der Waals surface area contributed by atoms with Gasteiger partial charge >= 0.3 is 12.0 Å². The average Bonchev–Trinajstić information content (AvgIpc) is 2.46. The Bertz CT molecular complexity index is 370. The fraction of sp³-hybridized carbons (Fsp3) is 0.714. The molecular formula is C14H22N2O4. The number of carbonyl (C=O) groups is 2. The Hall–Kier alpha value is -1.74. The highest BCUT2D eigenvalue weighted by molar-refractivity contribution is 5.78. The highest BCUT2D eigenvalue weighted by Gasteiger charge is 2.40. The zero-order chi connectivity index (χ0) is 14.8. The lowest BCUT2D eigenvalue weighted by molar-refractivity contribution is -0.154. The van der Waals surface area contributed by atoms with Gasteiger partial charge in [0, 0.05) is 32.7 Å². The summed E-state index contributed by atoms with van der Waals surface area (Å²) in [6, 6.07) is -0.335. The first kappa shape index (κ1) is 16.3. The van der Waals surface area contributed by atoms with E-state index in [9.17, 15) is 14.7 Å². The van der Waals surface area contributed by atoms with Crippen LogP contribution in [0.25, 0.3) is 0 Å². The largest absolute Gasteiger partial charge is 0.481 e. The van der Waals surface area contributed by atoms with E-state index in [1.54, 1.807) is 0 Å². The van der Waals surface area contributed by atoms with E-state index in [4.69, 9.17) is 11.2 Å². The molecule has 1 rings (SSSR count). The Labute approximate surface area is 119 Å². The van der Waals surface area contributed by atoms with Crippen molar-refractivity contribution in [2.45, 2.75) is 32.1 Å². The van der Waals surface area contributed by atoms with Crippen molar-refractivity contribution in [2.75, 3.05) is 26.3 Å². The fourth-order valence-electron chi connectivity index (χ4n) is 2.09. The third-order valence-electron chi connectivity index (χ3n) is 3.52. The summed E-state index contributed by atoms with van der Waals surface area (Å²) in [6.45, 7) is 1.50. The average molecular weight is 282 g/mol. The number of carboxylic acids is 1. The van der Waals surface area contributed by atoms with Gasteiger partial charge in [0.15, 0.2) is 0 Å². The van der Waals surface area contributed by atoms with Crippen molar-refractivity contribution in [3.63, 3.8) is 0 Å². The molecule has 0 atom stereocenters. The summed E-state index contributed by atoms with van der Waals surface area (Å²) in [6.07, 6.45) is 8.35. The second-order valence-electron chi connectivity index (χ2n) is 4.97. The Morgan fingerprint density at radius 2 is 1.95 bits per heavy atom. The zero-order valence-electron chi connectivity index (χ0n) is 11.6. The number of carbonyl (C=O) groups excluding carboxylic acids is 1. The second kappa shape index (κ2) is 8.43. The van der Waals surface area contributed by atoms with Crippen molar-refractivity contribution in [2.24, 2.45) is 5.41 Å². The van der Waals surface area contributed by atoms with Gasteiger partial charge in [-0.3, -0.25) is 4.79 Å². The SMILES string of the molecule is C#CCCCCNC(=O)NCC1(C(=O)O)CCOCC1. The molecule has 1 fully saturated rings. The normalized spacial score (nSPS) is 16.9. The van der Waals surface area contributed by atoms with Crippen molar-refractivity contribution < 1.29 is 19.4 Å². The van der Waals surface area contributed by atoms with E-state index in [2.05, 4.69) is 16.6 Å². The Balaban J connectivity index is 2.27. The number of hydrogen-bond acceptors (Lipinski definition) is 3. The molecule has 0 saturated carbocycles. The van der Waals surface area contributed by atoms with Gasteiger partial charge < -0.3 is 20.5 Å². The molecule has 112 valence electrons. The molecule has 6 nitrogen and oxygen atoms in total. The Kier molecular flexibility index (Phi) is 6.88. The maximum atomic E-state index is 11.6. The van der Waals surface area contributed by atoms with Crippen LogP contribution in [0, 0.1) is 17.8 Å². The van der Waals surface area contributed by atoms with Crippen molar-refractivity contribution in [3.8, 4) is 12.3 Å². The van der Waals surface area contributed by atoms with Crippen LogP contribution in [-0.4, -0.2) is 43.4 Å². The van der Waals surface area contributed by atoms with E-state index in [0.29, 0.717) is 39.0 Å². The van der Waals surface area contributed by atoms with Crippen LogP contribution in [0.5, 0.6) is 0 Å². The van der Waals surface area contributed by atoms with Gasteiger partial charge in [-0.25, -0.2) is 4.79 Å². The van der Waals surface area contributed by atoms with Crippen LogP contribution in [0.1, 0.15) is 32.1 Å². The third kappa shape index (κ3) is 5.10. The van der Waals surface area contributed by atoms with E-state index < -0.39 is 11.4 Å². The van der Waals surface area contributed by atoms with E-state index in [1.165, 1.54) is 0 Å². The molecule has 1 aliphatic rings.